The number of aromatic nitrogens is 2. The first-order chi connectivity index (χ1) is 16.1. The van der Waals surface area contributed by atoms with E-state index in [1.54, 1.807) is 24.0 Å². The molecule has 4 amide bonds. The average Bonchev–Trinajstić information content (AvgIpc) is 3.59. The van der Waals surface area contributed by atoms with Crippen molar-refractivity contribution in [1.82, 2.24) is 25.1 Å². The molecular weight excluding hydrogens is 458 g/mol. The van der Waals surface area contributed by atoms with Crippen LogP contribution in [0.1, 0.15) is 29.7 Å². The second kappa shape index (κ2) is 9.03. The Balaban J connectivity index is 1.37. The van der Waals surface area contributed by atoms with Crippen molar-refractivity contribution in [3.63, 3.8) is 0 Å². The first-order valence-corrected chi connectivity index (χ1v) is 12.7. The van der Waals surface area contributed by atoms with Crippen molar-refractivity contribution in [2.45, 2.75) is 31.3 Å². The number of piperidine rings is 1. The number of amides is 4. The predicted molar refractivity (Wildman–Crippen MR) is 124 cm³/mol. The third-order valence-corrected chi connectivity index (χ3v) is 7.81. The van der Waals surface area contributed by atoms with Gasteiger partial charge in [-0.2, -0.15) is 11.3 Å². The lowest BCUT2D eigenvalue weighted by Gasteiger charge is -2.41. The molecule has 0 aromatic carbocycles. The Labute approximate surface area is 199 Å². The van der Waals surface area contributed by atoms with E-state index in [4.69, 9.17) is 0 Å². The number of urea groups is 1. The molecule has 0 bridgehead atoms. The third-order valence-electron chi connectivity index (χ3n) is 6.45. The van der Waals surface area contributed by atoms with Gasteiger partial charge in [0.1, 0.15) is 0 Å². The summed E-state index contributed by atoms with van der Waals surface area (Å²) in [5.41, 5.74) is 2.94. The van der Waals surface area contributed by atoms with Crippen molar-refractivity contribution in [3.8, 4) is 0 Å². The van der Waals surface area contributed by atoms with Crippen molar-refractivity contribution in [2.24, 2.45) is 5.92 Å². The molecule has 2 fully saturated rings. The highest BCUT2D eigenvalue weighted by atomic mass is 32.1. The second-order valence-corrected chi connectivity index (χ2v) is 9.81. The van der Waals surface area contributed by atoms with Gasteiger partial charge in [0, 0.05) is 36.4 Å². The van der Waals surface area contributed by atoms with Gasteiger partial charge in [-0.3, -0.25) is 19.5 Å². The zero-order valence-corrected chi connectivity index (χ0v) is 19.5. The molecule has 5 heterocycles. The average molecular weight is 482 g/mol. The largest absolute Gasteiger partial charge is 0.342 e. The van der Waals surface area contributed by atoms with E-state index in [0.29, 0.717) is 31.5 Å². The molecule has 0 radical (unpaired) electrons. The predicted octanol–water partition coefficient (Wildman–Crippen LogP) is 3.03. The maximum absolute atomic E-state index is 13.8. The zero-order valence-electron chi connectivity index (χ0n) is 17.8. The zero-order chi connectivity index (χ0) is 22.8. The fourth-order valence-electron chi connectivity index (χ4n) is 4.76. The second-order valence-electron chi connectivity index (χ2n) is 8.31. The number of nitrogens with zero attached hydrogens (tertiary/aromatic N) is 4. The molecular formula is C23H23N5O3S2. The highest BCUT2D eigenvalue weighted by molar-refractivity contribution is 7.08. The number of nitrogens with one attached hydrogen (secondary N) is 1. The van der Waals surface area contributed by atoms with Crippen LogP contribution in [-0.2, 0) is 28.1 Å². The Kier molecular flexibility index (Phi) is 5.94. The lowest BCUT2D eigenvalue weighted by molar-refractivity contribution is -0.136. The van der Waals surface area contributed by atoms with Crippen LogP contribution in [0.4, 0.5) is 4.79 Å². The maximum Gasteiger partial charge on any atom is 0.325 e. The van der Waals surface area contributed by atoms with Crippen LogP contribution in [0.2, 0.25) is 0 Å². The first-order valence-electron chi connectivity index (χ1n) is 10.8. The van der Waals surface area contributed by atoms with Crippen molar-refractivity contribution < 1.29 is 14.4 Å². The highest BCUT2D eigenvalue weighted by Crippen LogP contribution is 2.41. The van der Waals surface area contributed by atoms with Crippen molar-refractivity contribution >= 4 is 40.5 Å². The number of carbonyl (C=O) groups is 3. The normalized spacial score (nSPS) is 21.5. The minimum absolute atomic E-state index is 0.0376. The summed E-state index contributed by atoms with van der Waals surface area (Å²) in [5, 5.41) is 8.79. The van der Waals surface area contributed by atoms with E-state index in [1.807, 2.05) is 33.2 Å². The lowest BCUT2D eigenvalue weighted by atomic mass is 9.73. The molecule has 3 aromatic rings. The van der Waals surface area contributed by atoms with Crippen molar-refractivity contribution in [2.75, 3.05) is 13.1 Å². The van der Waals surface area contributed by atoms with E-state index in [-0.39, 0.29) is 30.7 Å². The minimum Gasteiger partial charge on any atom is -0.342 e. The van der Waals surface area contributed by atoms with Crippen LogP contribution >= 0.6 is 22.7 Å². The summed E-state index contributed by atoms with van der Waals surface area (Å²) in [6, 6.07) is 5.16. The molecule has 0 unspecified atom stereocenters. The number of rotatable bonds is 6. The lowest BCUT2D eigenvalue weighted by Crippen LogP contribution is -2.54. The summed E-state index contributed by atoms with van der Waals surface area (Å²) in [6.45, 7) is 1.30. The van der Waals surface area contributed by atoms with Crippen LogP contribution in [-0.4, -0.2) is 50.7 Å². The van der Waals surface area contributed by atoms with Crippen LogP contribution in [0, 0.1) is 5.92 Å². The number of hydrogen-bond acceptors (Lipinski definition) is 7. The first kappa shape index (κ1) is 21.7. The van der Waals surface area contributed by atoms with Crippen LogP contribution in [0.3, 0.4) is 0 Å². The molecule has 8 nitrogen and oxygen atoms in total. The van der Waals surface area contributed by atoms with Gasteiger partial charge < -0.3 is 10.2 Å². The SMILES string of the molecule is O=C(Cc1cscn1)N1CCC([C@@]2(c3cccnc3)NC(=O)N(Cc3ccsc3)C2=O)CC1. The molecule has 2 aliphatic rings. The molecule has 5 rings (SSSR count). The number of imide groups is 1. The smallest absolute Gasteiger partial charge is 0.325 e. The number of thiophene rings is 1. The summed E-state index contributed by atoms with van der Waals surface area (Å²) in [5.74, 6) is -0.358. The molecule has 0 spiro atoms. The van der Waals surface area contributed by atoms with Crippen LogP contribution < -0.4 is 5.32 Å². The Morgan fingerprint density at radius 2 is 2.03 bits per heavy atom. The molecule has 10 heteroatoms. The van der Waals surface area contributed by atoms with E-state index < -0.39 is 11.6 Å². The number of hydrogen-bond donors (Lipinski definition) is 1. The summed E-state index contributed by atoms with van der Waals surface area (Å²) >= 11 is 3.01. The van der Waals surface area contributed by atoms with Gasteiger partial charge in [-0.15, -0.1) is 11.3 Å². The molecule has 0 aliphatic carbocycles. The minimum atomic E-state index is -1.18. The van der Waals surface area contributed by atoms with Gasteiger partial charge in [-0.1, -0.05) is 6.07 Å². The van der Waals surface area contributed by atoms with E-state index in [0.717, 1.165) is 11.3 Å². The quantitative estimate of drug-likeness (QED) is 0.546. The topological polar surface area (TPSA) is 95.5 Å². The van der Waals surface area contributed by atoms with Gasteiger partial charge in [0.15, 0.2) is 5.54 Å². The summed E-state index contributed by atoms with van der Waals surface area (Å²) in [7, 11) is 0. The molecule has 1 N–H and O–H groups in total. The van der Waals surface area contributed by atoms with E-state index in [1.165, 1.54) is 27.6 Å². The number of pyridine rings is 1. The number of likely N-dealkylation sites (tertiary alicyclic amines) is 1. The van der Waals surface area contributed by atoms with Crippen molar-refractivity contribution in [1.29, 1.82) is 0 Å². The fourth-order valence-corrected chi connectivity index (χ4v) is 5.98. The van der Waals surface area contributed by atoms with Gasteiger partial charge >= 0.3 is 6.03 Å². The highest BCUT2D eigenvalue weighted by Gasteiger charge is 2.57. The molecule has 1 atom stereocenters. The number of thiazole rings is 1. The molecule has 3 aromatic heterocycles. The fraction of sp³-hybridized carbons (Fsp3) is 0.348. The molecule has 170 valence electrons. The van der Waals surface area contributed by atoms with Gasteiger partial charge in [-0.05, 0) is 47.2 Å². The summed E-state index contributed by atoms with van der Waals surface area (Å²) < 4.78 is 0. The Bertz CT molecular complexity index is 1130. The van der Waals surface area contributed by atoms with E-state index in [2.05, 4.69) is 15.3 Å². The Morgan fingerprint density at radius 3 is 2.70 bits per heavy atom. The monoisotopic (exact) mass is 481 g/mol. The molecule has 33 heavy (non-hydrogen) atoms. The summed E-state index contributed by atoms with van der Waals surface area (Å²) in [6.07, 6.45) is 4.81. The van der Waals surface area contributed by atoms with Gasteiger partial charge in [0.25, 0.3) is 5.91 Å². The maximum atomic E-state index is 13.8. The molecule has 2 aliphatic heterocycles. The van der Waals surface area contributed by atoms with Gasteiger partial charge in [0.05, 0.1) is 24.2 Å². The van der Waals surface area contributed by atoms with Gasteiger partial charge in [0.2, 0.25) is 5.91 Å². The summed E-state index contributed by atoms with van der Waals surface area (Å²) in [4.78, 5) is 51.1. The Hall–Kier alpha value is -3.11. The van der Waals surface area contributed by atoms with E-state index in [9.17, 15) is 14.4 Å². The van der Waals surface area contributed by atoms with Gasteiger partial charge in [-0.25, -0.2) is 9.78 Å². The number of carbonyl (C=O) groups excluding carboxylic acids is 3. The van der Waals surface area contributed by atoms with Crippen molar-refractivity contribution in [3.05, 3.63) is 69.1 Å². The molecule has 2 saturated heterocycles. The van der Waals surface area contributed by atoms with E-state index >= 15 is 0 Å². The standard InChI is InChI=1S/C23H23N5O3S2/c29-20(10-19-14-33-15-25-19)27-7-3-17(4-8-27)23(18-2-1-6-24-11-18)21(30)28(22(31)26-23)12-16-5-9-32-13-16/h1-2,5-6,9,11,13-15,17H,3-4,7-8,10,12H2,(H,26,31)/t23-/m0/s1. The van der Waals surface area contributed by atoms with Crippen LogP contribution in [0.25, 0.3) is 0 Å². The molecule has 0 saturated carbocycles. The van der Waals surface area contributed by atoms with Crippen LogP contribution in [0.5, 0.6) is 0 Å². The third kappa shape index (κ3) is 4.04. The Morgan fingerprint density at radius 1 is 1.18 bits per heavy atom. The van der Waals surface area contributed by atoms with Crippen LogP contribution in [0.15, 0.2) is 52.2 Å².